The highest BCUT2D eigenvalue weighted by atomic mass is 32.2. The van der Waals surface area contributed by atoms with Crippen molar-refractivity contribution >= 4 is 9.84 Å². The summed E-state index contributed by atoms with van der Waals surface area (Å²) < 4.78 is 55.0. The molecule has 1 N–H and O–H groups in total. The Morgan fingerprint density at radius 2 is 1.75 bits per heavy atom. The number of hydrogen-bond acceptors (Lipinski definition) is 6. The zero-order chi connectivity index (χ0) is 26.1. The van der Waals surface area contributed by atoms with Crippen LogP contribution in [0.15, 0.2) is 47.5 Å². The molecule has 0 radical (unpaired) electrons. The lowest BCUT2D eigenvalue weighted by atomic mass is 9.66. The van der Waals surface area contributed by atoms with Crippen LogP contribution in [0.5, 0.6) is 0 Å². The lowest BCUT2D eigenvalue weighted by Crippen LogP contribution is -2.38. The maximum atomic E-state index is 14.5. The first-order valence-electron chi connectivity index (χ1n) is 12.0. The molecule has 6 nitrogen and oxygen atoms in total. The van der Waals surface area contributed by atoms with Crippen molar-refractivity contribution < 1.29 is 22.3 Å². The molecule has 2 aliphatic rings. The van der Waals surface area contributed by atoms with Crippen molar-refractivity contribution in [1.29, 1.82) is 0 Å². The van der Waals surface area contributed by atoms with Crippen LogP contribution in [0.25, 0.3) is 11.3 Å². The summed E-state index contributed by atoms with van der Waals surface area (Å²) in [6.07, 6.45) is 1.60. The number of aliphatic hydroxyl groups is 1. The van der Waals surface area contributed by atoms with Crippen molar-refractivity contribution in [1.82, 2.24) is 15.2 Å². The average Bonchev–Trinajstić information content (AvgIpc) is 3.18. The van der Waals surface area contributed by atoms with E-state index >= 15 is 0 Å². The van der Waals surface area contributed by atoms with Gasteiger partial charge in [-0.05, 0) is 80.3 Å². The lowest BCUT2D eigenvalue weighted by Gasteiger charge is -2.37. The second-order valence-corrected chi connectivity index (χ2v) is 13.1. The molecule has 1 aromatic carbocycles. The van der Waals surface area contributed by atoms with E-state index in [1.807, 2.05) is 6.07 Å². The third-order valence-electron chi connectivity index (χ3n) is 8.06. The summed E-state index contributed by atoms with van der Waals surface area (Å²) in [5, 5.41) is 18.7. The van der Waals surface area contributed by atoms with E-state index in [4.69, 9.17) is 0 Å². The van der Waals surface area contributed by atoms with Crippen molar-refractivity contribution in [3.8, 4) is 11.3 Å². The van der Waals surface area contributed by atoms with E-state index in [-0.39, 0.29) is 39.8 Å². The second kappa shape index (κ2) is 8.11. The van der Waals surface area contributed by atoms with Gasteiger partial charge in [-0.3, -0.25) is 0 Å². The summed E-state index contributed by atoms with van der Waals surface area (Å²) in [6.45, 7) is 7.35. The molecule has 0 unspecified atom stereocenters. The van der Waals surface area contributed by atoms with Crippen molar-refractivity contribution in [3.63, 3.8) is 0 Å². The minimum Gasteiger partial charge on any atom is -0.390 e. The summed E-state index contributed by atoms with van der Waals surface area (Å²) in [5.41, 5.74) is -0.0953. The van der Waals surface area contributed by atoms with E-state index < -0.39 is 32.5 Å². The molecular formula is C27H29F2N3O3S. The maximum absolute atomic E-state index is 14.5. The van der Waals surface area contributed by atoms with Crippen LogP contribution < -0.4 is 0 Å². The molecule has 1 fully saturated rings. The van der Waals surface area contributed by atoms with Gasteiger partial charge in [-0.2, -0.15) is 5.10 Å². The number of pyridine rings is 1. The molecule has 2 atom stereocenters. The van der Waals surface area contributed by atoms with Gasteiger partial charge < -0.3 is 5.11 Å². The van der Waals surface area contributed by atoms with Crippen LogP contribution in [0.2, 0.25) is 0 Å². The first kappa shape index (κ1) is 24.9. The summed E-state index contributed by atoms with van der Waals surface area (Å²) in [5.74, 6) is -1.58. The predicted octanol–water partition coefficient (Wildman–Crippen LogP) is 4.95. The molecule has 2 aliphatic carbocycles. The Morgan fingerprint density at radius 3 is 2.42 bits per heavy atom. The highest BCUT2D eigenvalue weighted by Gasteiger charge is 2.65. The first-order chi connectivity index (χ1) is 16.8. The van der Waals surface area contributed by atoms with Crippen LogP contribution in [-0.2, 0) is 15.3 Å². The Morgan fingerprint density at radius 1 is 1.08 bits per heavy atom. The number of nitrogens with zero attached hydrogens (tertiary/aromatic N) is 3. The van der Waals surface area contributed by atoms with E-state index in [1.165, 1.54) is 24.3 Å². The normalized spacial score (nSPS) is 22.6. The van der Waals surface area contributed by atoms with E-state index in [9.17, 15) is 22.3 Å². The minimum atomic E-state index is -3.72. The molecule has 0 saturated heterocycles. The Labute approximate surface area is 209 Å². The monoisotopic (exact) mass is 513 g/mol. The summed E-state index contributed by atoms with van der Waals surface area (Å²) in [4.78, 5) is 4.64. The number of benzene rings is 1. The van der Waals surface area contributed by atoms with Gasteiger partial charge in [0, 0.05) is 0 Å². The third kappa shape index (κ3) is 3.66. The largest absolute Gasteiger partial charge is 0.390 e. The van der Waals surface area contributed by atoms with Gasteiger partial charge >= 0.3 is 0 Å². The van der Waals surface area contributed by atoms with E-state index in [0.29, 0.717) is 17.8 Å². The number of sulfone groups is 1. The van der Waals surface area contributed by atoms with E-state index in [0.717, 1.165) is 12.0 Å². The van der Waals surface area contributed by atoms with Gasteiger partial charge in [-0.1, -0.05) is 26.0 Å². The second-order valence-electron chi connectivity index (χ2n) is 11.1. The van der Waals surface area contributed by atoms with Gasteiger partial charge in [-0.15, -0.1) is 5.10 Å². The minimum absolute atomic E-state index is 0.0377. The average molecular weight is 514 g/mol. The molecule has 190 valence electrons. The van der Waals surface area contributed by atoms with Crippen LogP contribution in [0.4, 0.5) is 8.78 Å². The highest BCUT2D eigenvalue weighted by molar-refractivity contribution is 7.91. The molecule has 0 spiro atoms. The van der Waals surface area contributed by atoms with Gasteiger partial charge in [0.15, 0.2) is 14.9 Å². The molecule has 2 bridgehead atoms. The third-order valence-corrected chi connectivity index (χ3v) is 9.67. The fourth-order valence-corrected chi connectivity index (χ4v) is 7.57. The zero-order valence-corrected chi connectivity index (χ0v) is 21.5. The molecule has 1 saturated carbocycles. The van der Waals surface area contributed by atoms with Crippen LogP contribution in [-0.4, -0.2) is 40.1 Å². The van der Waals surface area contributed by atoms with Crippen LogP contribution in [0, 0.1) is 17.0 Å². The SMILES string of the molecule is CC(C)(O)CCS(=O)(=O)c1cccc([C@@]23CC[C@@H](c4cc(-c5c(F)cccc5F)nnc42)C3(C)C)n1. The first-order valence-corrected chi connectivity index (χ1v) is 13.7. The number of halogens is 2. The van der Waals surface area contributed by atoms with Crippen LogP contribution in [0.3, 0.4) is 0 Å². The van der Waals surface area contributed by atoms with E-state index in [2.05, 4.69) is 29.0 Å². The molecule has 0 aliphatic heterocycles. The Kier molecular flexibility index (Phi) is 5.61. The quantitative estimate of drug-likeness (QED) is 0.501. The number of rotatable bonds is 6. The van der Waals surface area contributed by atoms with Gasteiger partial charge in [-0.25, -0.2) is 22.2 Å². The molecule has 9 heteroatoms. The summed E-state index contributed by atoms with van der Waals surface area (Å²) >= 11 is 0. The number of fused-ring (bicyclic) bond motifs is 5. The van der Waals surface area contributed by atoms with Crippen molar-refractivity contribution in [3.05, 3.63) is 71.1 Å². The smallest absolute Gasteiger partial charge is 0.195 e. The fraction of sp³-hybridized carbons (Fsp3) is 0.444. The number of hydrogen-bond donors (Lipinski definition) is 1. The molecular weight excluding hydrogens is 484 g/mol. The fourth-order valence-electron chi connectivity index (χ4n) is 6.07. The van der Waals surface area contributed by atoms with E-state index in [1.54, 1.807) is 26.0 Å². The molecule has 5 rings (SSSR count). The van der Waals surface area contributed by atoms with Crippen molar-refractivity contribution in [2.75, 3.05) is 5.75 Å². The van der Waals surface area contributed by atoms with Crippen molar-refractivity contribution in [2.45, 2.75) is 68.9 Å². The molecule has 3 aromatic rings. The van der Waals surface area contributed by atoms with Gasteiger partial charge in [0.05, 0.1) is 39.4 Å². The molecule has 2 heterocycles. The summed E-state index contributed by atoms with van der Waals surface area (Å²) in [6, 6.07) is 10.4. The Balaban J connectivity index is 1.62. The standard InChI is InChI=1S/C27H29F2N3O3S/c1-25(2,33)13-14-36(34,35)22-10-6-9-21(30-22)27-12-11-17(26(27,3)4)16-15-20(31-32-24(16)27)23-18(28)7-5-8-19(23)29/h5-10,15,17,33H,11-14H2,1-4H3/t17-,27-/m0/s1. The maximum Gasteiger partial charge on any atom is 0.195 e. The Bertz CT molecular complexity index is 1450. The van der Waals surface area contributed by atoms with Crippen LogP contribution in [0.1, 0.15) is 69.8 Å². The van der Waals surface area contributed by atoms with Crippen molar-refractivity contribution in [2.24, 2.45) is 5.41 Å². The lowest BCUT2D eigenvalue weighted by molar-refractivity contribution is 0.0772. The predicted molar refractivity (Wildman–Crippen MR) is 131 cm³/mol. The Hall–Kier alpha value is -2.78. The zero-order valence-electron chi connectivity index (χ0n) is 20.7. The number of aromatic nitrogens is 3. The highest BCUT2D eigenvalue weighted by Crippen LogP contribution is 2.69. The van der Waals surface area contributed by atoms with Gasteiger partial charge in [0.1, 0.15) is 11.6 Å². The molecule has 36 heavy (non-hydrogen) atoms. The van der Waals surface area contributed by atoms with Gasteiger partial charge in [0.25, 0.3) is 0 Å². The van der Waals surface area contributed by atoms with Gasteiger partial charge in [0.2, 0.25) is 0 Å². The molecule has 0 amide bonds. The molecule has 2 aromatic heterocycles. The van der Waals surface area contributed by atoms with Crippen LogP contribution >= 0.6 is 0 Å². The topological polar surface area (TPSA) is 93.0 Å². The summed E-state index contributed by atoms with van der Waals surface area (Å²) in [7, 11) is -3.72.